The number of hydrogen-bond acceptors (Lipinski definition) is 4. The molecule has 6 rings (SSSR count). The Balaban J connectivity index is 1.25. The molecule has 1 saturated heterocycles. The van der Waals surface area contributed by atoms with Crippen LogP contribution in [0.1, 0.15) is 92.9 Å². The van der Waals surface area contributed by atoms with Gasteiger partial charge in [0, 0.05) is 32.7 Å². The van der Waals surface area contributed by atoms with Crippen LogP contribution >= 0.6 is 0 Å². The van der Waals surface area contributed by atoms with Gasteiger partial charge in [-0.25, -0.2) is 0 Å². The molecule has 5 heteroatoms. The fourth-order valence-corrected chi connectivity index (χ4v) is 10.2. The lowest BCUT2D eigenvalue weighted by Gasteiger charge is -2.58. The van der Waals surface area contributed by atoms with Gasteiger partial charge in [-0.05, 0) is 91.9 Å². The summed E-state index contributed by atoms with van der Waals surface area (Å²) in [6.07, 6.45) is 11.8. The maximum Gasteiger partial charge on any atom is 0.302 e. The monoisotopic (exact) mass is 495 g/mol. The molecule has 4 fully saturated rings. The fourth-order valence-electron chi connectivity index (χ4n) is 10.2. The van der Waals surface area contributed by atoms with E-state index in [2.05, 4.69) is 38.7 Å². The van der Waals surface area contributed by atoms with E-state index in [1.165, 1.54) is 25.3 Å². The Morgan fingerprint density at radius 3 is 2.61 bits per heavy atom. The second-order valence-electron chi connectivity index (χ2n) is 13.7. The van der Waals surface area contributed by atoms with Crippen LogP contribution in [0, 0.1) is 40.4 Å². The van der Waals surface area contributed by atoms with Crippen LogP contribution in [-0.4, -0.2) is 41.6 Å². The predicted octanol–water partition coefficient (Wildman–Crippen LogP) is 6.04. The number of allylic oxidation sites excluding steroid dienone is 1. The third-order valence-electron chi connectivity index (χ3n) is 11.7. The lowest BCUT2D eigenvalue weighted by molar-refractivity contribution is -0.148. The van der Waals surface area contributed by atoms with E-state index in [0.717, 1.165) is 56.7 Å². The molecule has 0 unspecified atom stereocenters. The van der Waals surface area contributed by atoms with Crippen molar-refractivity contribution >= 4 is 11.9 Å². The Bertz CT molecular complexity index is 1030. The van der Waals surface area contributed by atoms with Gasteiger partial charge in [-0.3, -0.25) is 9.59 Å². The highest BCUT2D eigenvalue weighted by Crippen LogP contribution is 2.69. The van der Waals surface area contributed by atoms with Gasteiger partial charge in [-0.1, -0.05) is 32.4 Å². The molecule has 0 spiro atoms. The molecule has 2 aliphatic heterocycles. The zero-order valence-electron chi connectivity index (χ0n) is 23.1. The average molecular weight is 496 g/mol. The van der Waals surface area contributed by atoms with Crippen LogP contribution in [0.2, 0.25) is 0 Å². The molecule has 0 aromatic carbocycles. The van der Waals surface area contributed by atoms with Gasteiger partial charge in [0.2, 0.25) is 5.91 Å². The minimum atomic E-state index is -0.148. The molecule has 0 bridgehead atoms. The standard InChI is InChI=1S/C31H45NO4/c1-17-13-26(32(16-17)19(3)33)29-18(2)28-27(36-29)15-25-23-8-7-21-14-22(35-20(4)34)9-11-30(21,5)24(23)10-12-31(25,28)6/h7,17,22-28H,8-16H2,1-6H3/t17-,22+,23-,24+,25-,26-,27-,28+,30-,31-/m0/s1. The maximum atomic E-state index is 12.4. The molecule has 0 aromatic rings. The summed E-state index contributed by atoms with van der Waals surface area (Å²) >= 11 is 0. The number of likely N-dealkylation sites (tertiary alicyclic amines) is 1. The fraction of sp³-hybridized carbons (Fsp3) is 0.806. The summed E-state index contributed by atoms with van der Waals surface area (Å²) < 4.78 is 12.5. The molecule has 0 radical (unpaired) electrons. The van der Waals surface area contributed by atoms with Gasteiger partial charge in [0.25, 0.3) is 0 Å². The number of carbonyl (C=O) groups is 2. The van der Waals surface area contributed by atoms with Crippen molar-refractivity contribution in [1.29, 1.82) is 0 Å². The summed E-state index contributed by atoms with van der Waals surface area (Å²) in [6.45, 7) is 13.7. The predicted molar refractivity (Wildman–Crippen MR) is 139 cm³/mol. The smallest absolute Gasteiger partial charge is 0.302 e. The minimum absolute atomic E-state index is 0.0607. The number of ether oxygens (including phenoxy) is 2. The van der Waals surface area contributed by atoms with Gasteiger partial charge >= 0.3 is 5.97 Å². The van der Waals surface area contributed by atoms with Gasteiger partial charge in [-0.15, -0.1) is 0 Å². The van der Waals surface area contributed by atoms with E-state index in [1.54, 1.807) is 12.5 Å². The van der Waals surface area contributed by atoms with Gasteiger partial charge in [-0.2, -0.15) is 0 Å². The van der Waals surface area contributed by atoms with Gasteiger partial charge < -0.3 is 14.4 Å². The van der Waals surface area contributed by atoms with Crippen molar-refractivity contribution < 1.29 is 19.1 Å². The Morgan fingerprint density at radius 1 is 1.11 bits per heavy atom. The molecule has 198 valence electrons. The molecule has 10 atom stereocenters. The molecule has 0 aromatic heterocycles. The molecule has 6 aliphatic rings. The number of hydrogen-bond donors (Lipinski definition) is 0. The molecule has 1 amide bonds. The zero-order chi connectivity index (χ0) is 25.6. The number of rotatable bonds is 2. The first-order valence-electron chi connectivity index (χ1n) is 14.5. The normalized spacial score (nSPS) is 47.4. The number of nitrogens with zero attached hydrogens (tertiary/aromatic N) is 1. The molecular formula is C31H45NO4. The lowest BCUT2D eigenvalue weighted by atomic mass is 9.47. The van der Waals surface area contributed by atoms with Crippen molar-refractivity contribution in [3.8, 4) is 0 Å². The highest BCUT2D eigenvalue weighted by Gasteiger charge is 2.64. The Hall–Kier alpha value is -1.78. The van der Waals surface area contributed by atoms with Crippen molar-refractivity contribution in [2.24, 2.45) is 40.4 Å². The van der Waals surface area contributed by atoms with E-state index in [1.807, 2.05) is 0 Å². The maximum absolute atomic E-state index is 12.4. The van der Waals surface area contributed by atoms with E-state index in [0.29, 0.717) is 23.7 Å². The van der Waals surface area contributed by atoms with Crippen LogP contribution in [-0.2, 0) is 19.1 Å². The van der Waals surface area contributed by atoms with Crippen molar-refractivity contribution in [1.82, 2.24) is 4.90 Å². The minimum Gasteiger partial charge on any atom is -0.492 e. The van der Waals surface area contributed by atoms with E-state index >= 15 is 0 Å². The van der Waals surface area contributed by atoms with Crippen LogP contribution in [0.15, 0.2) is 23.0 Å². The van der Waals surface area contributed by atoms with Crippen molar-refractivity contribution in [3.05, 3.63) is 23.0 Å². The van der Waals surface area contributed by atoms with E-state index < -0.39 is 0 Å². The molecule has 36 heavy (non-hydrogen) atoms. The Labute approximate surface area is 217 Å². The highest BCUT2D eigenvalue weighted by molar-refractivity contribution is 5.74. The molecule has 2 heterocycles. The largest absolute Gasteiger partial charge is 0.492 e. The van der Waals surface area contributed by atoms with E-state index in [-0.39, 0.29) is 41.0 Å². The van der Waals surface area contributed by atoms with Crippen molar-refractivity contribution in [2.45, 2.75) is 111 Å². The van der Waals surface area contributed by atoms with Crippen LogP contribution in [0.5, 0.6) is 0 Å². The summed E-state index contributed by atoms with van der Waals surface area (Å²) in [5, 5.41) is 0. The topological polar surface area (TPSA) is 55.8 Å². The van der Waals surface area contributed by atoms with Crippen LogP contribution in [0.25, 0.3) is 0 Å². The van der Waals surface area contributed by atoms with E-state index in [4.69, 9.17) is 9.47 Å². The highest BCUT2D eigenvalue weighted by atomic mass is 16.5. The first kappa shape index (κ1) is 24.6. The zero-order valence-corrected chi connectivity index (χ0v) is 23.1. The first-order chi connectivity index (χ1) is 17.0. The summed E-state index contributed by atoms with van der Waals surface area (Å²) in [5.41, 5.74) is 3.52. The molecule has 3 saturated carbocycles. The second kappa shape index (κ2) is 8.36. The first-order valence-corrected chi connectivity index (χ1v) is 14.5. The number of carbonyl (C=O) groups excluding carboxylic acids is 2. The second-order valence-corrected chi connectivity index (χ2v) is 13.7. The van der Waals surface area contributed by atoms with Crippen molar-refractivity contribution in [3.63, 3.8) is 0 Å². The third-order valence-corrected chi connectivity index (χ3v) is 11.7. The molecular weight excluding hydrogens is 450 g/mol. The summed E-state index contributed by atoms with van der Waals surface area (Å²) in [5.74, 6) is 4.31. The SMILES string of the molecule is CC(=O)O[C@@H]1CC[C@@]2(C)C(=CC[C@H]3[C@H]2CC[C@]2(C)[C@@H]4C(C)=C([C@@H]5C[C@H](C)CN5C(C)=O)O[C@H]4C[C@@H]32)C1. The summed E-state index contributed by atoms with van der Waals surface area (Å²) in [7, 11) is 0. The Kier molecular flexibility index (Phi) is 5.70. The quantitative estimate of drug-likeness (QED) is 0.346. The third kappa shape index (κ3) is 3.46. The average Bonchev–Trinajstić information content (AvgIpc) is 3.44. The summed E-state index contributed by atoms with van der Waals surface area (Å²) in [4.78, 5) is 26.0. The molecule has 0 N–H and O–H groups in total. The van der Waals surface area contributed by atoms with Gasteiger partial charge in [0.05, 0.1) is 6.04 Å². The van der Waals surface area contributed by atoms with E-state index in [9.17, 15) is 9.59 Å². The number of amides is 1. The molecule has 5 nitrogen and oxygen atoms in total. The van der Waals surface area contributed by atoms with Crippen LogP contribution in [0.4, 0.5) is 0 Å². The number of fused-ring (bicyclic) bond motifs is 7. The van der Waals surface area contributed by atoms with Gasteiger partial charge in [0.15, 0.2) is 0 Å². The number of esters is 1. The lowest BCUT2D eigenvalue weighted by Crippen LogP contribution is -2.50. The summed E-state index contributed by atoms with van der Waals surface area (Å²) in [6, 6.07) is 0.132. The van der Waals surface area contributed by atoms with Crippen LogP contribution in [0.3, 0.4) is 0 Å². The van der Waals surface area contributed by atoms with Gasteiger partial charge in [0.1, 0.15) is 18.0 Å². The Morgan fingerprint density at radius 2 is 1.89 bits per heavy atom. The molecule has 4 aliphatic carbocycles. The van der Waals surface area contributed by atoms with Crippen molar-refractivity contribution in [2.75, 3.05) is 6.54 Å². The van der Waals surface area contributed by atoms with Crippen LogP contribution < -0.4 is 0 Å².